The molecular weight excluding hydrogens is 234 g/mol. The Bertz CT molecular complexity index is 577. The number of nitrogens with one attached hydrogen (secondary N) is 1. The number of piperidine rings is 1. The third-order valence-corrected chi connectivity index (χ3v) is 4.22. The van der Waals surface area contributed by atoms with Crippen LogP contribution in [0.15, 0.2) is 18.2 Å². The summed E-state index contributed by atoms with van der Waals surface area (Å²) in [6.07, 6.45) is 2.58. The van der Waals surface area contributed by atoms with Crippen LogP contribution >= 0.6 is 0 Å². The Kier molecular flexibility index (Phi) is 3.31. The minimum Gasteiger partial charge on any atom is -0.331 e. The maximum Gasteiger partial charge on any atom is 0.112 e. The summed E-state index contributed by atoms with van der Waals surface area (Å²) >= 11 is 0. The molecule has 1 unspecified atom stereocenters. The Morgan fingerprint density at radius 2 is 2.21 bits per heavy atom. The van der Waals surface area contributed by atoms with E-state index in [9.17, 15) is 0 Å². The maximum absolute atomic E-state index is 4.75. The van der Waals surface area contributed by atoms with Gasteiger partial charge in [-0.1, -0.05) is 19.9 Å². The predicted octanol–water partition coefficient (Wildman–Crippen LogP) is 3.16. The molecule has 1 aromatic heterocycles. The van der Waals surface area contributed by atoms with E-state index in [1.807, 2.05) is 0 Å². The van der Waals surface area contributed by atoms with Gasteiger partial charge in [-0.05, 0) is 43.0 Å². The number of fused-ring (bicyclic) bond motifs is 1. The van der Waals surface area contributed by atoms with Crippen LogP contribution in [0, 0.1) is 0 Å². The van der Waals surface area contributed by atoms with Crippen molar-refractivity contribution >= 4 is 11.0 Å². The first-order valence-electron chi connectivity index (χ1n) is 7.34. The highest BCUT2D eigenvalue weighted by molar-refractivity contribution is 5.77. The Hall–Kier alpha value is -1.35. The van der Waals surface area contributed by atoms with Crippen LogP contribution in [0.25, 0.3) is 11.0 Å². The average Bonchev–Trinajstić information content (AvgIpc) is 2.77. The van der Waals surface area contributed by atoms with E-state index in [-0.39, 0.29) is 0 Å². The van der Waals surface area contributed by atoms with Gasteiger partial charge in [0.05, 0.1) is 11.0 Å². The Balaban J connectivity index is 2.02. The second-order valence-electron chi connectivity index (χ2n) is 5.98. The molecule has 3 rings (SSSR count). The minimum absolute atomic E-state index is 0.470. The van der Waals surface area contributed by atoms with Crippen molar-refractivity contribution in [2.24, 2.45) is 7.05 Å². The molecule has 0 saturated carbocycles. The molecule has 2 heterocycles. The molecule has 1 aliphatic heterocycles. The zero-order valence-electron chi connectivity index (χ0n) is 12.1. The lowest BCUT2D eigenvalue weighted by Crippen LogP contribution is -2.28. The first-order chi connectivity index (χ1) is 9.16. The van der Waals surface area contributed by atoms with Gasteiger partial charge in [0, 0.05) is 19.5 Å². The topological polar surface area (TPSA) is 29.9 Å². The van der Waals surface area contributed by atoms with Crippen molar-refractivity contribution in [1.29, 1.82) is 0 Å². The van der Waals surface area contributed by atoms with E-state index >= 15 is 0 Å². The van der Waals surface area contributed by atoms with Crippen LogP contribution in [0.1, 0.15) is 49.9 Å². The van der Waals surface area contributed by atoms with Crippen LogP contribution < -0.4 is 5.32 Å². The quantitative estimate of drug-likeness (QED) is 0.895. The molecule has 1 fully saturated rings. The molecule has 102 valence electrons. The molecule has 1 N–H and O–H groups in total. The monoisotopic (exact) mass is 257 g/mol. The van der Waals surface area contributed by atoms with Crippen LogP contribution in [0.5, 0.6) is 0 Å². The van der Waals surface area contributed by atoms with Gasteiger partial charge in [0.1, 0.15) is 5.82 Å². The summed E-state index contributed by atoms with van der Waals surface area (Å²) in [5.41, 5.74) is 3.85. The van der Waals surface area contributed by atoms with Crippen LogP contribution in [0.4, 0.5) is 0 Å². The molecule has 1 aliphatic rings. The molecule has 0 bridgehead atoms. The van der Waals surface area contributed by atoms with Gasteiger partial charge in [0.15, 0.2) is 0 Å². The summed E-state index contributed by atoms with van der Waals surface area (Å²) in [4.78, 5) is 4.75. The lowest BCUT2D eigenvalue weighted by molar-refractivity contribution is 0.462. The first kappa shape index (κ1) is 12.7. The van der Waals surface area contributed by atoms with Gasteiger partial charge in [-0.2, -0.15) is 0 Å². The van der Waals surface area contributed by atoms with Gasteiger partial charge in [0.25, 0.3) is 0 Å². The van der Waals surface area contributed by atoms with Crippen molar-refractivity contribution in [3.8, 4) is 0 Å². The fourth-order valence-electron chi connectivity index (χ4n) is 3.13. The molecule has 3 nitrogen and oxygen atoms in total. The lowest BCUT2D eigenvalue weighted by atomic mass is 9.91. The Morgan fingerprint density at radius 1 is 1.37 bits per heavy atom. The van der Waals surface area contributed by atoms with Crippen molar-refractivity contribution in [3.63, 3.8) is 0 Å². The molecule has 0 radical (unpaired) electrons. The normalized spacial score (nSPS) is 20.3. The number of nitrogens with zero attached hydrogens (tertiary/aromatic N) is 2. The zero-order chi connectivity index (χ0) is 13.4. The number of aryl methyl sites for hydroxylation is 1. The zero-order valence-corrected chi connectivity index (χ0v) is 12.1. The Labute approximate surface area is 115 Å². The summed E-state index contributed by atoms with van der Waals surface area (Å²) in [5.74, 6) is 2.31. The van der Waals surface area contributed by atoms with E-state index in [1.165, 1.54) is 36.3 Å². The van der Waals surface area contributed by atoms with E-state index in [0.717, 1.165) is 12.1 Å². The Morgan fingerprint density at radius 3 is 2.89 bits per heavy atom. The second-order valence-corrected chi connectivity index (χ2v) is 5.98. The highest BCUT2D eigenvalue weighted by Gasteiger charge is 2.17. The third kappa shape index (κ3) is 2.27. The molecule has 1 atom stereocenters. The van der Waals surface area contributed by atoms with Crippen molar-refractivity contribution in [1.82, 2.24) is 14.9 Å². The van der Waals surface area contributed by atoms with Crippen LogP contribution in [-0.2, 0) is 7.05 Å². The third-order valence-electron chi connectivity index (χ3n) is 4.22. The average molecular weight is 257 g/mol. The van der Waals surface area contributed by atoms with Crippen LogP contribution in [0.3, 0.4) is 0 Å². The number of rotatable bonds is 2. The van der Waals surface area contributed by atoms with Crippen molar-refractivity contribution in [3.05, 3.63) is 29.6 Å². The van der Waals surface area contributed by atoms with Gasteiger partial charge >= 0.3 is 0 Å². The van der Waals surface area contributed by atoms with Crippen molar-refractivity contribution < 1.29 is 0 Å². The maximum atomic E-state index is 4.75. The summed E-state index contributed by atoms with van der Waals surface area (Å²) in [5, 5.41) is 3.50. The molecule has 19 heavy (non-hydrogen) atoms. The van der Waals surface area contributed by atoms with Crippen molar-refractivity contribution in [2.75, 3.05) is 13.1 Å². The largest absolute Gasteiger partial charge is 0.331 e. The number of hydrogen-bond donors (Lipinski definition) is 1. The molecule has 3 heteroatoms. The summed E-state index contributed by atoms with van der Waals surface area (Å²) in [6, 6.07) is 6.79. The van der Waals surface area contributed by atoms with Gasteiger partial charge in [0.2, 0.25) is 0 Å². The fourth-order valence-corrected chi connectivity index (χ4v) is 3.13. The van der Waals surface area contributed by atoms with Gasteiger partial charge in [-0.15, -0.1) is 0 Å². The molecule has 0 aliphatic carbocycles. The number of hydrogen-bond acceptors (Lipinski definition) is 2. The highest BCUT2D eigenvalue weighted by Crippen LogP contribution is 2.27. The minimum atomic E-state index is 0.470. The molecule has 1 saturated heterocycles. The summed E-state index contributed by atoms with van der Waals surface area (Å²) in [6.45, 7) is 6.68. The van der Waals surface area contributed by atoms with Gasteiger partial charge in [-0.25, -0.2) is 4.98 Å². The van der Waals surface area contributed by atoms with Crippen LogP contribution in [0.2, 0.25) is 0 Å². The second kappa shape index (κ2) is 4.97. The number of aromatic nitrogens is 2. The van der Waals surface area contributed by atoms with E-state index < -0.39 is 0 Å². The van der Waals surface area contributed by atoms with E-state index in [2.05, 4.69) is 49.0 Å². The van der Waals surface area contributed by atoms with E-state index in [4.69, 9.17) is 4.98 Å². The SMILES string of the molecule is CC(C)c1nc2ccc(C3CCCNC3)cc2n1C. The smallest absolute Gasteiger partial charge is 0.112 e. The molecule has 1 aromatic carbocycles. The van der Waals surface area contributed by atoms with E-state index in [1.54, 1.807) is 0 Å². The summed E-state index contributed by atoms with van der Waals surface area (Å²) < 4.78 is 2.25. The van der Waals surface area contributed by atoms with Gasteiger partial charge in [-0.3, -0.25) is 0 Å². The lowest BCUT2D eigenvalue weighted by Gasteiger charge is -2.23. The fraction of sp³-hybridized carbons (Fsp3) is 0.562. The van der Waals surface area contributed by atoms with E-state index in [0.29, 0.717) is 11.8 Å². The highest BCUT2D eigenvalue weighted by atomic mass is 15.1. The van der Waals surface area contributed by atoms with Crippen molar-refractivity contribution in [2.45, 2.75) is 38.5 Å². The molecular formula is C16H23N3. The summed E-state index contributed by atoms with van der Waals surface area (Å²) in [7, 11) is 2.13. The molecule has 0 amide bonds. The number of benzene rings is 1. The standard InChI is InChI=1S/C16H23N3/c1-11(2)16-18-14-7-6-12(9-15(14)19(16)3)13-5-4-8-17-10-13/h6-7,9,11,13,17H,4-5,8,10H2,1-3H3. The predicted molar refractivity (Wildman–Crippen MR) is 79.6 cm³/mol. The first-order valence-corrected chi connectivity index (χ1v) is 7.34. The van der Waals surface area contributed by atoms with Crippen LogP contribution in [-0.4, -0.2) is 22.6 Å². The number of imidazole rings is 1. The molecule has 2 aromatic rings. The van der Waals surface area contributed by atoms with Gasteiger partial charge < -0.3 is 9.88 Å². The molecule has 0 spiro atoms.